The van der Waals surface area contributed by atoms with Gasteiger partial charge in [0.25, 0.3) is 5.91 Å². The molecule has 1 aromatic heterocycles. The third-order valence-electron chi connectivity index (χ3n) is 2.69. The van der Waals surface area contributed by atoms with Gasteiger partial charge in [0.2, 0.25) is 5.88 Å². The number of carbonyl (C=O) groups is 2. The van der Waals surface area contributed by atoms with Crippen LogP contribution < -0.4 is 10.1 Å². The molecule has 1 aromatic rings. The molecule has 23 heavy (non-hydrogen) atoms. The minimum absolute atomic E-state index is 0.0350. The SMILES string of the molecule is CC(C)CC(NC(=O)c1ccnc(OCC(F)(F)F)c1)C(=O)O. The average molecular weight is 334 g/mol. The molecule has 0 fully saturated rings. The van der Waals surface area contributed by atoms with Crippen LogP contribution in [0.25, 0.3) is 0 Å². The molecule has 0 bridgehead atoms. The number of nitrogens with zero attached hydrogens (tertiary/aromatic N) is 1. The van der Waals surface area contributed by atoms with Gasteiger partial charge in [-0.05, 0) is 18.4 Å². The first-order valence-electron chi connectivity index (χ1n) is 6.77. The second-order valence-corrected chi connectivity index (χ2v) is 5.28. The van der Waals surface area contributed by atoms with Crippen molar-refractivity contribution < 1.29 is 32.6 Å². The van der Waals surface area contributed by atoms with Crippen molar-refractivity contribution in [3.05, 3.63) is 23.9 Å². The summed E-state index contributed by atoms with van der Waals surface area (Å²) in [6, 6.07) is 1.19. The summed E-state index contributed by atoms with van der Waals surface area (Å²) >= 11 is 0. The summed E-state index contributed by atoms with van der Waals surface area (Å²) in [6.07, 6.45) is -3.19. The highest BCUT2D eigenvalue weighted by atomic mass is 19.4. The average Bonchev–Trinajstić information content (AvgIpc) is 2.43. The van der Waals surface area contributed by atoms with Crippen LogP contribution in [0.4, 0.5) is 13.2 Å². The fraction of sp³-hybridized carbons (Fsp3) is 0.500. The summed E-state index contributed by atoms with van der Waals surface area (Å²) in [6.45, 7) is 2.07. The van der Waals surface area contributed by atoms with Gasteiger partial charge in [-0.1, -0.05) is 13.8 Å². The lowest BCUT2D eigenvalue weighted by Crippen LogP contribution is -2.41. The van der Waals surface area contributed by atoms with E-state index in [1.807, 2.05) is 0 Å². The topological polar surface area (TPSA) is 88.5 Å². The standard InChI is InChI=1S/C14H17F3N2O4/c1-8(2)5-10(13(21)22)19-12(20)9-3-4-18-11(6-9)23-7-14(15,16)17/h3-4,6,8,10H,5,7H2,1-2H3,(H,19,20)(H,21,22). The number of aromatic nitrogens is 1. The third kappa shape index (κ3) is 6.98. The highest BCUT2D eigenvalue weighted by molar-refractivity contribution is 5.96. The molecule has 6 nitrogen and oxygen atoms in total. The van der Waals surface area contributed by atoms with Crippen molar-refractivity contribution in [1.29, 1.82) is 0 Å². The van der Waals surface area contributed by atoms with Crippen molar-refractivity contribution >= 4 is 11.9 Å². The van der Waals surface area contributed by atoms with Gasteiger partial charge in [0, 0.05) is 17.8 Å². The van der Waals surface area contributed by atoms with E-state index in [1.54, 1.807) is 13.8 Å². The predicted molar refractivity (Wildman–Crippen MR) is 74.1 cm³/mol. The molecule has 2 N–H and O–H groups in total. The van der Waals surface area contributed by atoms with Crippen LogP contribution in [-0.2, 0) is 4.79 Å². The molecule has 0 aliphatic heterocycles. The van der Waals surface area contributed by atoms with Gasteiger partial charge < -0.3 is 15.2 Å². The van der Waals surface area contributed by atoms with Crippen molar-refractivity contribution in [2.24, 2.45) is 5.92 Å². The molecule has 0 saturated carbocycles. The molecule has 0 aromatic carbocycles. The van der Waals surface area contributed by atoms with E-state index < -0.39 is 30.7 Å². The van der Waals surface area contributed by atoms with E-state index in [4.69, 9.17) is 5.11 Å². The Morgan fingerprint density at radius 2 is 2.04 bits per heavy atom. The van der Waals surface area contributed by atoms with Gasteiger partial charge in [-0.15, -0.1) is 0 Å². The number of aliphatic carboxylic acids is 1. The van der Waals surface area contributed by atoms with E-state index in [0.717, 1.165) is 12.3 Å². The Morgan fingerprint density at radius 3 is 2.57 bits per heavy atom. The zero-order valence-electron chi connectivity index (χ0n) is 12.6. The number of alkyl halides is 3. The lowest BCUT2D eigenvalue weighted by molar-refractivity contribution is -0.154. The number of pyridine rings is 1. The monoisotopic (exact) mass is 334 g/mol. The molecule has 9 heteroatoms. The van der Waals surface area contributed by atoms with Crippen molar-refractivity contribution in [2.75, 3.05) is 6.61 Å². The van der Waals surface area contributed by atoms with Gasteiger partial charge in [-0.2, -0.15) is 13.2 Å². The van der Waals surface area contributed by atoms with Crippen molar-refractivity contribution in [3.63, 3.8) is 0 Å². The lowest BCUT2D eigenvalue weighted by Gasteiger charge is -2.16. The first-order chi connectivity index (χ1) is 10.6. The number of nitrogens with one attached hydrogen (secondary N) is 1. The van der Waals surface area contributed by atoms with Crippen LogP contribution in [0.2, 0.25) is 0 Å². The van der Waals surface area contributed by atoms with Crippen LogP contribution >= 0.6 is 0 Å². The second kappa shape index (κ2) is 7.80. The predicted octanol–water partition coefficient (Wildman–Crippen LogP) is 2.25. The van der Waals surface area contributed by atoms with E-state index in [0.29, 0.717) is 0 Å². The number of carbonyl (C=O) groups excluding carboxylic acids is 1. The van der Waals surface area contributed by atoms with E-state index in [1.165, 1.54) is 6.07 Å². The van der Waals surface area contributed by atoms with Crippen molar-refractivity contribution in [3.8, 4) is 5.88 Å². The molecule has 0 saturated heterocycles. The normalized spacial score (nSPS) is 12.8. The van der Waals surface area contributed by atoms with E-state index in [-0.39, 0.29) is 23.8 Å². The number of carboxylic acids is 1. The molecule has 1 unspecified atom stereocenters. The fourth-order valence-electron chi connectivity index (χ4n) is 1.72. The number of hydrogen-bond acceptors (Lipinski definition) is 4. The highest BCUT2D eigenvalue weighted by Gasteiger charge is 2.29. The van der Waals surface area contributed by atoms with Gasteiger partial charge in [0.05, 0.1) is 0 Å². The highest BCUT2D eigenvalue weighted by Crippen LogP contribution is 2.17. The number of amides is 1. The molecule has 0 spiro atoms. The van der Waals surface area contributed by atoms with Crippen molar-refractivity contribution in [1.82, 2.24) is 10.3 Å². The molecule has 1 amide bonds. The first-order valence-corrected chi connectivity index (χ1v) is 6.77. The molecular weight excluding hydrogens is 317 g/mol. The molecule has 1 rings (SSSR count). The zero-order valence-corrected chi connectivity index (χ0v) is 12.6. The van der Waals surface area contributed by atoms with Crippen LogP contribution in [0.15, 0.2) is 18.3 Å². The third-order valence-corrected chi connectivity index (χ3v) is 2.69. The zero-order chi connectivity index (χ0) is 17.6. The Morgan fingerprint density at radius 1 is 1.39 bits per heavy atom. The number of ether oxygens (including phenoxy) is 1. The van der Waals surface area contributed by atoms with E-state index in [9.17, 15) is 22.8 Å². The number of halogens is 3. The second-order valence-electron chi connectivity index (χ2n) is 5.28. The smallest absolute Gasteiger partial charge is 0.422 e. The van der Waals surface area contributed by atoms with Crippen LogP contribution in [0.5, 0.6) is 5.88 Å². The maximum atomic E-state index is 12.1. The summed E-state index contributed by atoms with van der Waals surface area (Å²) in [5.41, 5.74) is -0.0350. The van der Waals surface area contributed by atoms with Crippen LogP contribution in [0.1, 0.15) is 30.6 Å². The van der Waals surface area contributed by atoms with Gasteiger partial charge in [-0.25, -0.2) is 9.78 Å². The Labute approximate surface area is 130 Å². The first kappa shape index (κ1) is 18.7. The molecule has 1 atom stereocenters. The minimum Gasteiger partial charge on any atom is -0.480 e. The van der Waals surface area contributed by atoms with Crippen LogP contribution in [0.3, 0.4) is 0 Å². The molecule has 1 heterocycles. The maximum Gasteiger partial charge on any atom is 0.422 e. The van der Waals surface area contributed by atoms with E-state index >= 15 is 0 Å². The molecule has 0 aliphatic carbocycles. The molecule has 128 valence electrons. The summed E-state index contributed by atoms with van der Waals surface area (Å²) in [5, 5.41) is 11.4. The minimum atomic E-state index is -4.52. The Kier molecular flexibility index (Phi) is 6.35. The van der Waals surface area contributed by atoms with Gasteiger partial charge in [0.1, 0.15) is 6.04 Å². The van der Waals surface area contributed by atoms with Gasteiger partial charge >= 0.3 is 12.1 Å². The van der Waals surface area contributed by atoms with Crippen LogP contribution in [-0.4, -0.2) is 40.8 Å². The van der Waals surface area contributed by atoms with Crippen molar-refractivity contribution in [2.45, 2.75) is 32.5 Å². The summed E-state index contributed by atoms with van der Waals surface area (Å²) in [5.74, 6) is -2.24. The number of rotatable bonds is 7. The maximum absolute atomic E-state index is 12.1. The number of hydrogen-bond donors (Lipinski definition) is 2. The molecule has 0 aliphatic rings. The number of carboxylic acid groups (broad SMARTS) is 1. The summed E-state index contributed by atoms with van der Waals surface area (Å²) in [4.78, 5) is 26.7. The van der Waals surface area contributed by atoms with Gasteiger partial charge in [0.15, 0.2) is 6.61 Å². The van der Waals surface area contributed by atoms with E-state index in [2.05, 4.69) is 15.0 Å². The molecular formula is C14H17F3N2O4. The largest absolute Gasteiger partial charge is 0.480 e. The summed E-state index contributed by atoms with van der Waals surface area (Å²) < 4.78 is 40.7. The molecule has 0 radical (unpaired) electrons. The summed E-state index contributed by atoms with van der Waals surface area (Å²) in [7, 11) is 0. The fourth-order valence-corrected chi connectivity index (χ4v) is 1.72. The lowest BCUT2D eigenvalue weighted by atomic mass is 10.0. The Bertz CT molecular complexity index is 561. The quantitative estimate of drug-likeness (QED) is 0.798. The van der Waals surface area contributed by atoms with Crippen LogP contribution in [0, 0.1) is 5.92 Å². The Balaban J connectivity index is 2.77. The van der Waals surface area contributed by atoms with Gasteiger partial charge in [-0.3, -0.25) is 4.79 Å². The Hall–Kier alpha value is -2.32.